The van der Waals surface area contributed by atoms with Gasteiger partial charge in [-0.15, -0.1) is 0 Å². The van der Waals surface area contributed by atoms with Crippen molar-refractivity contribution in [3.8, 4) is 5.69 Å². The van der Waals surface area contributed by atoms with Crippen LogP contribution in [0, 0.1) is 13.8 Å². The van der Waals surface area contributed by atoms with Crippen molar-refractivity contribution < 1.29 is 26.8 Å². The van der Waals surface area contributed by atoms with E-state index in [1.807, 2.05) is 13.8 Å². The highest BCUT2D eigenvalue weighted by Gasteiger charge is 2.37. The lowest BCUT2D eigenvalue weighted by atomic mass is 10.1. The number of H-pyrrole nitrogens is 1. The number of ketones is 1. The minimum atomic E-state index is -4.35. The lowest BCUT2D eigenvalue weighted by Crippen LogP contribution is -2.45. The van der Waals surface area contributed by atoms with Gasteiger partial charge < -0.3 is 15.6 Å². The van der Waals surface area contributed by atoms with Crippen LogP contribution in [0.3, 0.4) is 0 Å². The van der Waals surface area contributed by atoms with E-state index in [2.05, 4.69) is 15.1 Å². The van der Waals surface area contributed by atoms with E-state index in [9.17, 15) is 26.8 Å². The number of anilines is 1. The molecule has 1 saturated heterocycles. The van der Waals surface area contributed by atoms with Crippen LogP contribution in [-0.4, -0.2) is 67.7 Å². The Morgan fingerprint density at radius 1 is 1.00 bits per heavy atom. The monoisotopic (exact) mass is 657 g/mol. The molecule has 1 aliphatic rings. The van der Waals surface area contributed by atoms with Gasteiger partial charge in [0.1, 0.15) is 17.3 Å². The van der Waals surface area contributed by atoms with Gasteiger partial charge in [0.15, 0.2) is 0 Å². The molecule has 47 heavy (non-hydrogen) atoms. The number of aromatic amines is 1. The van der Waals surface area contributed by atoms with Crippen molar-refractivity contribution in [1.82, 2.24) is 28.6 Å². The van der Waals surface area contributed by atoms with Crippen LogP contribution in [0.25, 0.3) is 27.6 Å². The standard InChI is InChI=1S/C33H29F2N7O4S/c1-19-4-8-24(9-5-19)47(45,46)42-28-11-6-21(32(44)40-13-3-12-33(34,35)18-40)14-22(28)15-29(42)30(43)25-17-37-41(31(25)36)23-7-10-26-27(16-23)39-20(2)38-26/h4-11,14-17H,3,12-13,18,36H2,1-2H3,(H,38,39). The van der Waals surface area contributed by atoms with Crippen LogP contribution in [0.2, 0.25) is 0 Å². The first-order valence-corrected chi connectivity index (χ1v) is 16.3. The summed E-state index contributed by atoms with van der Waals surface area (Å²) >= 11 is 0. The molecule has 11 nitrogen and oxygen atoms in total. The maximum Gasteiger partial charge on any atom is 0.268 e. The predicted octanol–water partition coefficient (Wildman–Crippen LogP) is 5.24. The molecular weight excluding hydrogens is 628 g/mol. The number of hydrogen-bond donors (Lipinski definition) is 2. The van der Waals surface area contributed by atoms with Crippen molar-refractivity contribution >= 4 is 49.5 Å². The van der Waals surface area contributed by atoms with E-state index in [-0.39, 0.29) is 57.8 Å². The first kappa shape index (κ1) is 30.3. The summed E-state index contributed by atoms with van der Waals surface area (Å²) in [5.41, 5.74) is 9.27. The molecule has 0 saturated carbocycles. The van der Waals surface area contributed by atoms with E-state index in [4.69, 9.17) is 5.73 Å². The van der Waals surface area contributed by atoms with Crippen molar-refractivity contribution in [2.24, 2.45) is 0 Å². The topological polar surface area (TPSA) is 149 Å². The number of aromatic nitrogens is 5. The predicted molar refractivity (Wildman–Crippen MR) is 172 cm³/mol. The number of carbonyl (C=O) groups is 2. The second kappa shape index (κ2) is 10.9. The summed E-state index contributed by atoms with van der Waals surface area (Å²) in [5.74, 6) is -3.61. The molecule has 3 N–H and O–H groups in total. The number of amides is 1. The summed E-state index contributed by atoms with van der Waals surface area (Å²) in [6.45, 7) is 3.12. The number of alkyl halides is 2. The van der Waals surface area contributed by atoms with Gasteiger partial charge in [0.2, 0.25) is 5.78 Å². The van der Waals surface area contributed by atoms with E-state index >= 15 is 0 Å². The second-order valence-electron chi connectivity index (χ2n) is 11.8. The first-order chi connectivity index (χ1) is 22.3. The van der Waals surface area contributed by atoms with Crippen LogP contribution < -0.4 is 5.73 Å². The molecular formula is C33H29F2N7O4S. The maximum atomic E-state index is 14.2. The number of aryl methyl sites for hydroxylation is 2. The first-order valence-electron chi connectivity index (χ1n) is 14.8. The highest BCUT2D eigenvalue weighted by atomic mass is 32.2. The van der Waals surface area contributed by atoms with Crippen LogP contribution in [-0.2, 0) is 10.0 Å². The van der Waals surface area contributed by atoms with Gasteiger partial charge in [-0.05, 0) is 74.9 Å². The van der Waals surface area contributed by atoms with Crippen molar-refractivity contribution in [3.05, 3.63) is 101 Å². The highest BCUT2D eigenvalue weighted by molar-refractivity contribution is 7.90. The largest absolute Gasteiger partial charge is 0.383 e. The van der Waals surface area contributed by atoms with Gasteiger partial charge in [-0.1, -0.05) is 17.7 Å². The molecule has 1 fully saturated rings. The van der Waals surface area contributed by atoms with Crippen LogP contribution in [0.15, 0.2) is 77.8 Å². The molecule has 0 atom stereocenters. The Kier molecular flexibility index (Phi) is 7.00. The van der Waals surface area contributed by atoms with Crippen molar-refractivity contribution in [2.45, 2.75) is 37.5 Å². The number of halogens is 2. The molecule has 1 aliphatic heterocycles. The Bertz CT molecular complexity index is 2340. The number of nitrogens with two attached hydrogens (primary N) is 1. The zero-order valence-corrected chi connectivity index (χ0v) is 26.2. The second-order valence-corrected chi connectivity index (χ2v) is 13.6. The summed E-state index contributed by atoms with van der Waals surface area (Å²) in [6.07, 6.45) is 1.14. The Hall–Kier alpha value is -5.37. The average molecular weight is 658 g/mol. The number of nitrogen functional groups attached to an aromatic ring is 1. The zero-order chi connectivity index (χ0) is 33.2. The van der Waals surface area contributed by atoms with E-state index in [1.54, 1.807) is 30.3 Å². The number of carbonyl (C=O) groups excluding carboxylic acids is 2. The number of piperidine rings is 1. The van der Waals surface area contributed by atoms with E-state index in [1.165, 1.54) is 47.3 Å². The van der Waals surface area contributed by atoms with Crippen LogP contribution in [0.1, 0.15) is 50.6 Å². The molecule has 3 aromatic carbocycles. The SMILES string of the molecule is Cc1ccc(S(=O)(=O)n2c(C(=O)c3cnn(-c4ccc5nc(C)[nH]c5c4)c3N)cc3cc(C(=O)N4CCCC(F)(F)C4)ccc32)cc1. The van der Waals surface area contributed by atoms with Crippen LogP contribution in [0.4, 0.5) is 14.6 Å². The Balaban J connectivity index is 1.34. The number of hydrogen-bond acceptors (Lipinski definition) is 7. The highest BCUT2D eigenvalue weighted by Crippen LogP contribution is 2.32. The number of likely N-dealkylation sites (tertiary alicyclic amines) is 1. The Morgan fingerprint density at radius 3 is 2.51 bits per heavy atom. The van der Waals surface area contributed by atoms with E-state index < -0.39 is 34.2 Å². The number of nitrogens with zero attached hydrogens (tertiary/aromatic N) is 5. The molecule has 0 unspecified atom stereocenters. The molecule has 0 aliphatic carbocycles. The number of rotatable bonds is 6. The van der Waals surface area contributed by atoms with Gasteiger partial charge in [-0.3, -0.25) is 9.59 Å². The van der Waals surface area contributed by atoms with Crippen molar-refractivity contribution in [2.75, 3.05) is 18.8 Å². The summed E-state index contributed by atoms with van der Waals surface area (Å²) in [7, 11) is -4.35. The van der Waals surface area contributed by atoms with Gasteiger partial charge in [0, 0.05) is 23.9 Å². The molecule has 0 bridgehead atoms. The number of imidazole rings is 1. The fraction of sp³-hybridized carbons (Fsp3) is 0.212. The van der Waals surface area contributed by atoms with Crippen molar-refractivity contribution in [1.29, 1.82) is 0 Å². The fourth-order valence-electron chi connectivity index (χ4n) is 6.01. The molecule has 3 aromatic heterocycles. The minimum Gasteiger partial charge on any atom is -0.383 e. The van der Waals surface area contributed by atoms with Gasteiger partial charge in [-0.2, -0.15) is 5.10 Å². The normalized spacial score (nSPS) is 15.0. The Labute approximate surface area is 267 Å². The molecule has 14 heteroatoms. The fourth-order valence-corrected chi connectivity index (χ4v) is 7.52. The van der Waals surface area contributed by atoms with Gasteiger partial charge in [0.25, 0.3) is 21.9 Å². The summed E-state index contributed by atoms with van der Waals surface area (Å²) in [5, 5.41) is 4.58. The molecule has 4 heterocycles. The molecule has 240 valence electrons. The smallest absolute Gasteiger partial charge is 0.268 e. The molecule has 1 amide bonds. The average Bonchev–Trinajstić information content (AvgIpc) is 3.73. The molecule has 0 spiro atoms. The Morgan fingerprint density at radius 2 is 1.77 bits per heavy atom. The quantitative estimate of drug-likeness (QED) is 0.233. The summed E-state index contributed by atoms with van der Waals surface area (Å²) in [6, 6.07) is 17.0. The van der Waals surface area contributed by atoms with E-state index in [0.29, 0.717) is 5.69 Å². The number of benzene rings is 3. The number of fused-ring (bicyclic) bond motifs is 2. The van der Waals surface area contributed by atoms with Gasteiger partial charge >= 0.3 is 0 Å². The molecule has 7 rings (SSSR count). The van der Waals surface area contributed by atoms with E-state index in [0.717, 1.165) is 31.3 Å². The zero-order valence-electron chi connectivity index (χ0n) is 25.4. The van der Waals surface area contributed by atoms with Crippen molar-refractivity contribution in [3.63, 3.8) is 0 Å². The minimum absolute atomic E-state index is 0.0166. The lowest BCUT2D eigenvalue weighted by Gasteiger charge is -2.32. The van der Waals surface area contributed by atoms with Crippen LogP contribution in [0.5, 0.6) is 0 Å². The molecule has 0 radical (unpaired) electrons. The third kappa shape index (κ3) is 5.23. The summed E-state index contributed by atoms with van der Waals surface area (Å²) in [4.78, 5) is 36.0. The number of nitrogens with one attached hydrogen (secondary N) is 1. The third-order valence-electron chi connectivity index (χ3n) is 8.36. The maximum absolute atomic E-state index is 14.2. The third-order valence-corrected chi connectivity index (χ3v) is 10.1. The van der Waals surface area contributed by atoms with Crippen LogP contribution >= 0.6 is 0 Å². The summed E-state index contributed by atoms with van der Waals surface area (Å²) < 4.78 is 58.8. The van der Waals surface area contributed by atoms with Gasteiger partial charge in [-0.25, -0.2) is 30.8 Å². The van der Waals surface area contributed by atoms with Gasteiger partial charge in [0.05, 0.1) is 45.4 Å². The molecule has 6 aromatic rings. The lowest BCUT2D eigenvalue weighted by molar-refractivity contribution is -0.0560.